The minimum absolute atomic E-state index is 0.282. The van der Waals surface area contributed by atoms with Crippen molar-refractivity contribution >= 4 is 10.1 Å². The lowest BCUT2D eigenvalue weighted by Crippen LogP contribution is -2.32. The average molecular weight is 207 g/mol. The summed E-state index contributed by atoms with van der Waals surface area (Å²) >= 11 is 0. The van der Waals surface area contributed by atoms with Gasteiger partial charge in [0.1, 0.15) is 0 Å². The smallest absolute Gasteiger partial charge is 0.289 e. The Balaban J connectivity index is 2.43. The maximum absolute atomic E-state index is 10.3. The van der Waals surface area contributed by atoms with Crippen molar-refractivity contribution in [2.75, 3.05) is 13.1 Å². The lowest BCUT2D eigenvalue weighted by Gasteiger charge is -2.27. The number of likely N-dealkylation sites (tertiary alicyclic amines) is 1. The molecule has 0 amide bonds. The molecule has 1 aliphatic heterocycles. The molecule has 0 radical (unpaired) electrons. The number of piperidine rings is 1. The van der Waals surface area contributed by atoms with E-state index in [-0.39, 0.29) is 6.10 Å². The van der Waals surface area contributed by atoms with Gasteiger partial charge < -0.3 is 10.0 Å². The van der Waals surface area contributed by atoms with Gasteiger partial charge in [0, 0.05) is 19.3 Å². The molecule has 1 aliphatic rings. The highest BCUT2D eigenvalue weighted by Gasteiger charge is 2.14. The van der Waals surface area contributed by atoms with E-state index in [2.05, 4.69) is 0 Å². The van der Waals surface area contributed by atoms with Crippen molar-refractivity contribution in [2.24, 2.45) is 0 Å². The van der Waals surface area contributed by atoms with Gasteiger partial charge in [0.05, 0.1) is 11.5 Å². The number of nitrogens with zero attached hydrogens (tertiary/aromatic N) is 1. The zero-order chi connectivity index (χ0) is 9.90. The van der Waals surface area contributed by atoms with Gasteiger partial charge in [-0.1, -0.05) is 0 Å². The van der Waals surface area contributed by atoms with Crippen LogP contribution in [-0.2, 0) is 10.1 Å². The van der Waals surface area contributed by atoms with E-state index in [1.54, 1.807) is 4.90 Å². The first-order valence-corrected chi connectivity index (χ1v) is 5.55. The largest absolute Gasteiger partial charge is 0.393 e. The highest BCUT2D eigenvalue weighted by atomic mass is 32.2. The summed E-state index contributed by atoms with van der Waals surface area (Å²) in [6.07, 6.45) is 2.32. The summed E-state index contributed by atoms with van der Waals surface area (Å²) in [6, 6.07) is 0. The first kappa shape index (κ1) is 10.5. The first-order chi connectivity index (χ1) is 5.97. The normalized spacial score (nSPS) is 21.2. The minimum Gasteiger partial charge on any atom is -0.393 e. The summed E-state index contributed by atoms with van der Waals surface area (Å²) in [6.45, 7) is 1.24. The van der Waals surface area contributed by atoms with E-state index in [0.717, 1.165) is 5.41 Å². The Kier molecular flexibility index (Phi) is 3.29. The van der Waals surface area contributed by atoms with Crippen LogP contribution in [-0.4, -0.2) is 42.2 Å². The van der Waals surface area contributed by atoms with E-state index in [9.17, 15) is 8.42 Å². The predicted molar refractivity (Wildman–Crippen MR) is 47.5 cm³/mol. The van der Waals surface area contributed by atoms with Crippen LogP contribution in [0.1, 0.15) is 12.8 Å². The maximum Gasteiger partial charge on any atom is 0.289 e. The van der Waals surface area contributed by atoms with Gasteiger partial charge in [-0.3, -0.25) is 4.55 Å². The molecule has 5 nitrogen and oxygen atoms in total. The van der Waals surface area contributed by atoms with E-state index in [1.807, 2.05) is 0 Å². The van der Waals surface area contributed by atoms with Crippen molar-refractivity contribution in [1.82, 2.24) is 4.90 Å². The Morgan fingerprint density at radius 1 is 1.31 bits per heavy atom. The third-order valence-corrected chi connectivity index (χ3v) is 2.41. The number of hydrogen-bond donors (Lipinski definition) is 2. The van der Waals surface area contributed by atoms with Gasteiger partial charge in [-0.25, -0.2) is 0 Å². The second-order valence-corrected chi connectivity index (χ2v) is 4.37. The molecule has 13 heavy (non-hydrogen) atoms. The summed E-state index contributed by atoms with van der Waals surface area (Å²) in [5, 5.41) is 9.89. The van der Waals surface area contributed by atoms with Crippen molar-refractivity contribution in [3.8, 4) is 0 Å². The second-order valence-electron chi connectivity index (χ2n) is 3.07. The van der Waals surface area contributed by atoms with Gasteiger partial charge in [-0.05, 0) is 12.8 Å². The Hall–Kier alpha value is -0.590. The van der Waals surface area contributed by atoms with E-state index < -0.39 is 10.1 Å². The molecule has 1 rings (SSSR count). The molecule has 0 bridgehead atoms. The summed E-state index contributed by atoms with van der Waals surface area (Å²) in [4.78, 5) is 1.75. The zero-order valence-corrected chi connectivity index (χ0v) is 7.94. The fraction of sp³-hybridized carbons (Fsp3) is 0.714. The molecular weight excluding hydrogens is 194 g/mol. The molecule has 76 valence electrons. The molecule has 1 fully saturated rings. The fourth-order valence-corrected chi connectivity index (χ4v) is 1.52. The summed E-state index contributed by atoms with van der Waals surface area (Å²) in [5.74, 6) is 0. The van der Waals surface area contributed by atoms with Crippen LogP contribution in [0, 0.1) is 0 Å². The van der Waals surface area contributed by atoms with Crippen LogP contribution in [0.5, 0.6) is 0 Å². The van der Waals surface area contributed by atoms with Crippen molar-refractivity contribution in [2.45, 2.75) is 18.9 Å². The van der Waals surface area contributed by atoms with Crippen LogP contribution >= 0.6 is 0 Å². The van der Waals surface area contributed by atoms with Crippen LogP contribution in [0.15, 0.2) is 11.6 Å². The third kappa shape index (κ3) is 4.25. The molecular formula is C7H13NO4S. The van der Waals surface area contributed by atoms with Gasteiger partial charge in [0.15, 0.2) is 0 Å². The van der Waals surface area contributed by atoms with Crippen LogP contribution in [0.4, 0.5) is 0 Å². The van der Waals surface area contributed by atoms with Crippen LogP contribution in [0.2, 0.25) is 0 Å². The highest BCUT2D eigenvalue weighted by Crippen LogP contribution is 2.09. The third-order valence-electron chi connectivity index (χ3n) is 1.94. The SMILES string of the molecule is O=S(=O)(O)C=CN1CCC(O)CC1. The Morgan fingerprint density at radius 3 is 2.31 bits per heavy atom. The molecule has 0 atom stereocenters. The van der Waals surface area contributed by atoms with Crippen molar-refractivity contribution < 1.29 is 18.1 Å². The maximum atomic E-state index is 10.3. The molecule has 0 saturated carbocycles. The van der Waals surface area contributed by atoms with E-state index >= 15 is 0 Å². The molecule has 0 aliphatic carbocycles. The van der Waals surface area contributed by atoms with Gasteiger partial charge in [0.25, 0.3) is 10.1 Å². The zero-order valence-electron chi connectivity index (χ0n) is 7.13. The fourth-order valence-electron chi connectivity index (χ4n) is 1.20. The van der Waals surface area contributed by atoms with Crippen LogP contribution in [0.3, 0.4) is 0 Å². The molecule has 0 aromatic carbocycles. The molecule has 0 aromatic rings. The van der Waals surface area contributed by atoms with Crippen molar-refractivity contribution in [1.29, 1.82) is 0 Å². The Bertz CT molecular complexity index is 277. The summed E-state index contributed by atoms with van der Waals surface area (Å²) in [5.41, 5.74) is 0. The van der Waals surface area contributed by atoms with E-state index in [0.29, 0.717) is 25.9 Å². The van der Waals surface area contributed by atoms with Crippen molar-refractivity contribution in [3.05, 3.63) is 11.6 Å². The number of aliphatic hydroxyl groups excluding tert-OH is 1. The van der Waals surface area contributed by atoms with Gasteiger partial charge >= 0.3 is 0 Å². The quantitative estimate of drug-likeness (QED) is 0.613. The van der Waals surface area contributed by atoms with E-state index in [4.69, 9.17) is 9.66 Å². The highest BCUT2D eigenvalue weighted by molar-refractivity contribution is 7.88. The molecule has 0 spiro atoms. The Labute approximate surface area is 77.4 Å². The van der Waals surface area contributed by atoms with Gasteiger partial charge in [-0.2, -0.15) is 8.42 Å². The Morgan fingerprint density at radius 2 is 1.85 bits per heavy atom. The van der Waals surface area contributed by atoms with Crippen molar-refractivity contribution in [3.63, 3.8) is 0 Å². The second kappa shape index (κ2) is 4.08. The lowest BCUT2D eigenvalue weighted by atomic mass is 10.1. The van der Waals surface area contributed by atoms with Gasteiger partial charge in [-0.15, -0.1) is 0 Å². The first-order valence-electron chi connectivity index (χ1n) is 4.05. The number of rotatable bonds is 2. The monoisotopic (exact) mass is 207 g/mol. The topological polar surface area (TPSA) is 77.8 Å². The molecule has 0 unspecified atom stereocenters. The molecule has 2 N–H and O–H groups in total. The van der Waals surface area contributed by atoms with E-state index in [1.165, 1.54) is 6.20 Å². The lowest BCUT2D eigenvalue weighted by molar-refractivity contribution is 0.102. The molecule has 1 heterocycles. The average Bonchev–Trinajstić information content (AvgIpc) is 2.02. The standard InChI is InChI=1S/C7H13NO4S/c9-7-1-3-8(4-2-7)5-6-13(10,11)12/h5-7,9H,1-4H2,(H,10,11,12). The van der Waals surface area contributed by atoms with Gasteiger partial charge in [0.2, 0.25) is 0 Å². The number of hydrogen-bond acceptors (Lipinski definition) is 4. The summed E-state index contributed by atoms with van der Waals surface area (Å²) < 4.78 is 29.1. The summed E-state index contributed by atoms with van der Waals surface area (Å²) in [7, 11) is -4.02. The van der Waals surface area contributed by atoms with Crippen LogP contribution < -0.4 is 0 Å². The molecule has 0 aromatic heterocycles. The molecule has 1 saturated heterocycles. The minimum atomic E-state index is -4.02. The number of aliphatic hydroxyl groups is 1. The van der Waals surface area contributed by atoms with Crippen LogP contribution in [0.25, 0.3) is 0 Å². The molecule has 6 heteroatoms. The predicted octanol–water partition coefficient (Wildman–Crippen LogP) is -0.198.